The topological polar surface area (TPSA) is 84.4 Å². The highest BCUT2D eigenvalue weighted by atomic mass is 16.1. The fourth-order valence-electron chi connectivity index (χ4n) is 2.56. The van der Waals surface area contributed by atoms with E-state index in [4.69, 9.17) is 11.5 Å². The number of nitrogens with zero attached hydrogens (tertiary/aromatic N) is 1. The van der Waals surface area contributed by atoms with Gasteiger partial charge in [0.1, 0.15) is 0 Å². The zero-order valence-corrected chi connectivity index (χ0v) is 12.1. The van der Waals surface area contributed by atoms with Gasteiger partial charge in [0.15, 0.2) is 0 Å². The van der Waals surface area contributed by atoms with Crippen LogP contribution >= 0.6 is 0 Å². The molecule has 0 saturated carbocycles. The van der Waals surface area contributed by atoms with Crippen LogP contribution in [0, 0.1) is 5.92 Å². The van der Waals surface area contributed by atoms with E-state index < -0.39 is 5.91 Å². The van der Waals surface area contributed by atoms with Crippen molar-refractivity contribution < 1.29 is 4.79 Å². The fourth-order valence-corrected chi connectivity index (χ4v) is 2.56. The standard InChI is InChI=1S/C15H24N4O/c1-11-4-7-19(8-5-11)9-6-18-14-10-12(16)2-3-13(14)15(17)20/h2-3,10-11,18H,4-9,16H2,1H3,(H2,17,20). The van der Waals surface area contributed by atoms with E-state index in [1.807, 2.05) is 0 Å². The molecule has 0 spiro atoms. The van der Waals surface area contributed by atoms with Gasteiger partial charge in [0.2, 0.25) is 0 Å². The molecule has 1 aliphatic rings. The number of piperidine rings is 1. The molecule has 0 bridgehead atoms. The molecular formula is C15H24N4O. The Labute approximate surface area is 120 Å². The van der Waals surface area contributed by atoms with Crippen molar-refractivity contribution in [3.05, 3.63) is 23.8 Å². The highest BCUT2D eigenvalue weighted by Gasteiger charge is 2.15. The first kappa shape index (κ1) is 14.7. The smallest absolute Gasteiger partial charge is 0.250 e. The second-order valence-electron chi connectivity index (χ2n) is 5.62. The van der Waals surface area contributed by atoms with Gasteiger partial charge in [0.25, 0.3) is 5.91 Å². The third kappa shape index (κ3) is 3.87. The molecule has 0 aromatic heterocycles. The van der Waals surface area contributed by atoms with Crippen LogP contribution in [0.5, 0.6) is 0 Å². The molecule has 0 unspecified atom stereocenters. The summed E-state index contributed by atoms with van der Waals surface area (Å²) in [6, 6.07) is 5.12. The van der Waals surface area contributed by atoms with E-state index in [9.17, 15) is 4.79 Å². The molecule has 5 heteroatoms. The summed E-state index contributed by atoms with van der Waals surface area (Å²) in [4.78, 5) is 13.8. The summed E-state index contributed by atoms with van der Waals surface area (Å²) in [5, 5.41) is 3.27. The van der Waals surface area contributed by atoms with Crippen LogP contribution in [-0.2, 0) is 0 Å². The van der Waals surface area contributed by atoms with Gasteiger partial charge in [-0.15, -0.1) is 0 Å². The molecule has 1 aliphatic heterocycles. The number of likely N-dealkylation sites (tertiary alicyclic amines) is 1. The van der Waals surface area contributed by atoms with Crippen molar-refractivity contribution in [2.75, 3.05) is 37.2 Å². The Balaban J connectivity index is 1.87. The summed E-state index contributed by atoms with van der Waals surface area (Å²) >= 11 is 0. The van der Waals surface area contributed by atoms with Crippen molar-refractivity contribution in [1.29, 1.82) is 0 Å². The monoisotopic (exact) mass is 276 g/mol. The number of anilines is 2. The first-order chi connectivity index (χ1) is 9.56. The van der Waals surface area contributed by atoms with Crippen molar-refractivity contribution >= 4 is 17.3 Å². The van der Waals surface area contributed by atoms with E-state index in [2.05, 4.69) is 17.1 Å². The minimum Gasteiger partial charge on any atom is -0.399 e. The van der Waals surface area contributed by atoms with Gasteiger partial charge in [-0.1, -0.05) is 6.92 Å². The van der Waals surface area contributed by atoms with Crippen LogP contribution in [0.1, 0.15) is 30.1 Å². The normalized spacial score (nSPS) is 17.1. The zero-order valence-electron chi connectivity index (χ0n) is 12.1. The highest BCUT2D eigenvalue weighted by molar-refractivity contribution is 5.99. The number of carbonyl (C=O) groups is 1. The van der Waals surface area contributed by atoms with Crippen LogP contribution in [0.25, 0.3) is 0 Å². The second kappa shape index (κ2) is 6.61. The minimum atomic E-state index is -0.431. The van der Waals surface area contributed by atoms with Gasteiger partial charge in [-0.05, 0) is 50.0 Å². The van der Waals surface area contributed by atoms with Crippen LogP contribution < -0.4 is 16.8 Å². The Bertz CT molecular complexity index is 467. The minimum absolute atomic E-state index is 0.431. The molecule has 5 nitrogen and oxygen atoms in total. The third-order valence-corrected chi connectivity index (χ3v) is 3.93. The van der Waals surface area contributed by atoms with E-state index in [1.54, 1.807) is 18.2 Å². The molecule has 110 valence electrons. The lowest BCUT2D eigenvalue weighted by Crippen LogP contribution is -2.36. The Hall–Kier alpha value is -1.75. The van der Waals surface area contributed by atoms with Crippen LogP contribution in [0.4, 0.5) is 11.4 Å². The number of nitrogen functional groups attached to an aromatic ring is 1. The third-order valence-electron chi connectivity index (χ3n) is 3.93. The van der Waals surface area contributed by atoms with Crippen LogP contribution in [0.2, 0.25) is 0 Å². The SMILES string of the molecule is CC1CCN(CCNc2cc(N)ccc2C(N)=O)CC1. The van der Waals surface area contributed by atoms with Gasteiger partial charge in [-0.25, -0.2) is 0 Å². The molecule has 1 heterocycles. The maximum Gasteiger partial charge on any atom is 0.250 e. The Morgan fingerprint density at radius 2 is 2.10 bits per heavy atom. The molecule has 20 heavy (non-hydrogen) atoms. The molecule has 2 rings (SSSR count). The molecule has 5 N–H and O–H groups in total. The summed E-state index contributed by atoms with van der Waals surface area (Å²) in [7, 11) is 0. The van der Waals surface area contributed by atoms with Crippen molar-refractivity contribution in [3.63, 3.8) is 0 Å². The van der Waals surface area contributed by atoms with Crippen LogP contribution in [0.15, 0.2) is 18.2 Å². The lowest BCUT2D eigenvalue weighted by molar-refractivity contribution is 0.100. The summed E-state index contributed by atoms with van der Waals surface area (Å²) in [6.45, 7) is 6.38. The lowest BCUT2D eigenvalue weighted by Gasteiger charge is -2.30. The molecule has 1 aromatic carbocycles. The molecular weight excluding hydrogens is 252 g/mol. The van der Waals surface area contributed by atoms with Gasteiger partial charge in [0.05, 0.1) is 5.56 Å². The van der Waals surface area contributed by atoms with E-state index in [1.165, 1.54) is 12.8 Å². The number of hydrogen-bond acceptors (Lipinski definition) is 4. The Morgan fingerprint density at radius 3 is 2.75 bits per heavy atom. The molecule has 1 amide bonds. The summed E-state index contributed by atoms with van der Waals surface area (Å²) in [5.41, 5.74) is 13.0. The molecule has 1 saturated heterocycles. The average molecular weight is 276 g/mol. The lowest BCUT2D eigenvalue weighted by atomic mass is 9.99. The van der Waals surface area contributed by atoms with E-state index in [0.29, 0.717) is 11.3 Å². The Morgan fingerprint density at radius 1 is 1.40 bits per heavy atom. The van der Waals surface area contributed by atoms with Gasteiger partial charge >= 0.3 is 0 Å². The number of primary amides is 1. The predicted molar refractivity (Wildman–Crippen MR) is 82.7 cm³/mol. The first-order valence-corrected chi connectivity index (χ1v) is 7.22. The largest absolute Gasteiger partial charge is 0.399 e. The van der Waals surface area contributed by atoms with E-state index in [-0.39, 0.29) is 0 Å². The summed E-state index contributed by atoms with van der Waals surface area (Å²) < 4.78 is 0. The molecule has 1 fully saturated rings. The van der Waals surface area contributed by atoms with Gasteiger partial charge in [-0.3, -0.25) is 4.79 Å². The predicted octanol–water partition coefficient (Wildman–Crippen LogP) is 1.51. The summed E-state index contributed by atoms with van der Waals surface area (Å²) in [6.07, 6.45) is 2.54. The van der Waals surface area contributed by atoms with Gasteiger partial charge in [-0.2, -0.15) is 0 Å². The quantitative estimate of drug-likeness (QED) is 0.712. The second-order valence-corrected chi connectivity index (χ2v) is 5.62. The van der Waals surface area contributed by atoms with Crippen LogP contribution in [-0.4, -0.2) is 37.0 Å². The number of nitrogens with two attached hydrogens (primary N) is 2. The number of rotatable bonds is 5. The number of amides is 1. The molecule has 1 aromatic rings. The maximum absolute atomic E-state index is 11.4. The van der Waals surface area contributed by atoms with Crippen molar-refractivity contribution in [3.8, 4) is 0 Å². The molecule has 0 atom stereocenters. The molecule has 0 aliphatic carbocycles. The van der Waals surface area contributed by atoms with Crippen LogP contribution in [0.3, 0.4) is 0 Å². The first-order valence-electron chi connectivity index (χ1n) is 7.22. The van der Waals surface area contributed by atoms with E-state index >= 15 is 0 Å². The van der Waals surface area contributed by atoms with Crippen molar-refractivity contribution in [1.82, 2.24) is 4.90 Å². The maximum atomic E-state index is 11.4. The summed E-state index contributed by atoms with van der Waals surface area (Å²) in [5.74, 6) is 0.411. The van der Waals surface area contributed by atoms with Crippen molar-refractivity contribution in [2.24, 2.45) is 11.7 Å². The Kier molecular flexibility index (Phi) is 4.84. The number of benzene rings is 1. The highest BCUT2D eigenvalue weighted by Crippen LogP contribution is 2.19. The molecule has 0 radical (unpaired) electrons. The number of hydrogen-bond donors (Lipinski definition) is 3. The zero-order chi connectivity index (χ0) is 14.5. The van der Waals surface area contributed by atoms with Crippen molar-refractivity contribution in [2.45, 2.75) is 19.8 Å². The number of carbonyl (C=O) groups excluding carboxylic acids is 1. The van der Waals surface area contributed by atoms with Gasteiger partial charge in [0, 0.05) is 24.5 Å². The average Bonchev–Trinajstić information content (AvgIpc) is 2.41. The number of nitrogens with one attached hydrogen (secondary N) is 1. The fraction of sp³-hybridized carbons (Fsp3) is 0.533. The van der Waals surface area contributed by atoms with Gasteiger partial charge < -0.3 is 21.7 Å². The van der Waals surface area contributed by atoms with E-state index in [0.717, 1.165) is 37.8 Å².